The summed E-state index contributed by atoms with van der Waals surface area (Å²) in [5.41, 5.74) is -0.112. The highest BCUT2D eigenvalue weighted by molar-refractivity contribution is 9.11. The van der Waals surface area contributed by atoms with Gasteiger partial charge in [-0.3, -0.25) is 0 Å². The van der Waals surface area contributed by atoms with Gasteiger partial charge in [-0.2, -0.15) is 0 Å². The van der Waals surface area contributed by atoms with E-state index >= 15 is 0 Å². The second kappa shape index (κ2) is 4.91. The van der Waals surface area contributed by atoms with E-state index in [9.17, 15) is 0 Å². The Labute approximate surface area is 76.4 Å². The molecule has 0 rings (SSSR count). The van der Waals surface area contributed by atoms with E-state index in [0.29, 0.717) is 6.61 Å². The van der Waals surface area contributed by atoms with E-state index < -0.39 is 0 Å². The van der Waals surface area contributed by atoms with Crippen LogP contribution in [-0.4, -0.2) is 23.9 Å². The highest BCUT2D eigenvalue weighted by Gasteiger charge is 2.07. The van der Waals surface area contributed by atoms with Crippen molar-refractivity contribution in [3.8, 4) is 0 Å². The zero-order valence-electron chi connectivity index (χ0n) is 7.22. The van der Waals surface area contributed by atoms with Gasteiger partial charge in [0.25, 0.3) is 0 Å². The van der Waals surface area contributed by atoms with Crippen LogP contribution in [0.4, 0.5) is 0 Å². The second-order valence-electron chi connectivity index (χ2n) is 3.23. The molecule has 0 saturated carbocycles. The molecule has 0 unspecified atom stereocenters. The summed E-state index contributed by atoms with van der Waals surface area (Å²) in [4.78, 5) is 0. The van der Waals surface area contributed by atoms with E-state index in [-0.39, 0.29) is 12.2 Å². The molecule has 0 fully saturated rings. The van der Waals surface area contributed by atoms with E-state index in [1.165, 1.54) is 0 Å². The minimum Gasteiger partial charge on any atom is -0.391 e. The fourth-order valence-corrected chi connectivity index (χ4v) is 0.579. The van der Waals surface area contributed by atoms with Crippen molar-refractivity contribution in [2.75, 3.05) is 13.2 Å². The van der Waals surface area contributed by atoms with Crippen LogP contribution in [0, 0.1) is 0 Å². The van der Waals surface area contributed by atoms with Crippen molar-refractivity contribution in [2.45, 2.75) is 26.4 Å². The van der Waals surface area contributed by atoms with Crippen molar-refractivity contribution < 1.29 is 9.84 Å². The lowest BCUT2D eigenvalue weighted by molar-refractivity contribution is 0.0147. The van der Waals surface area contributed by atoms with Gasteiger partial charge in [-0.25, -0.2) is 0 Å². The maximum atomic E-state index is 8.59. The first-order valence-corrected chi connectivity index (χ1v) is 4.34. The van der Waals surface area contributed by atoms with Gasteiger partial charge in [0.15, 0.2) is 0 Å². The third-order valence-electron chi connectivity index (χ3n) is 0.972. The normalized spacial score (nSPS) is 13.7. The minimum absolute atomic E-state index is 0.0352. The van der Waals surface area contributed by atoms with Gasteiger partial charge >= 0.3 is 0 Å². The van der Waals surface area contributed by atoms with Gasteiger partial charge in [0.05, 0.1) is 18.8 Å². The molecule has 0 spiro atoms. The Morgan fingerprint density at radius 2 is 2.09 bits per heavy atom. The first-order chi connectivity index (χ1) is 4.95. The Hall–Kier alpha value is 0.140. The molecule has 0 radical (unpaired) electrons. The molecule has 0 aliphatic heterocycles. The van der Waals surface area contributed by atoms with Gasteiger partial charge in [-0.05, 0) is 26.8 Å². The average molecular weight is 223 g/mol. The zero-order chi connectivity index (χ0) is 8.91. The topological polar surface area (TPSA) is 29.5 Å². The molecule has 0 amide bonds. The van der Waals surface area contributed by atoms with Crippen LogP contribution in [0.5, 0.6) is 0 Å². The van der Waals surface area contributed by atoms with Gasteiger partial charge in [0.1, 0.15) is 0 Å². The zero-order valence-corrected chi connectivity index (χ0v) is 8.81. The van der Waals surface area contributed by atoms with Crippen molar-refractivity contribution in [1.29, 1.82) is 0 Å². The highest BCUT2D eigenvalue weighted by atomic mass is 79.9. The molecule has 2 nitrogen and oxygen atoms in total. The number of aliphatic hydroxyl groups excluding tert-OH is 1. The molecular formula is C8H15BrO2. The van der Waals surface area contributed by atoms with Gasteiger partial charge in [-0.15, -0.1) is 0 Å². The Morgan fingerprint density at radius 1 is 1.55 bits per heavy atom. The van der Waals surface area contributed by atoms with Crippen LogP contribution in [0.15, 0.2) is 10.6 Å². The Morgan fingerprint density at radius 3 is 2.45 bits per heavy atom. The smallest absolute Gasteiger partial charge is 0.0744 e. The van der Waals surface area contributed by atoms with Crippen LogP contribution in [-0.2, 0) is 4.74 Å². The van der Waals surface area contributed by atoms with E-state index in [2.05, 4.69) is 15.9 Å². The fraction of sp³-hybridized carbons (Fsp3) is 0.750. The lowest BCUT2D eigenvalue weighted by Crippen LogP contribution is -2.19. The van der Waals surface area contributed by atoms with Crippen LogP contribution in [0.1, 0.15) is 20.8 Å². The van der Waals surface area contributed by atoms with E-state index in [1.54, 1.807) is 0 Å². The summed E-state index contributed by atoms with van der Waals surface area (Å²) in [6, 6.07) is 0. The number of hydrogen-bond donors (Lipinski definition) is 1. The van der Waals surface area contributed by atoms with Crippen LogP contribution in [0.3, 0.4) is 0 Å². The molecule has 0 heterocycles. The molecule has 0 aromatic carbocycles. The van der Waals surface area contributed by atoms with E-state index in [0.717, 1.165) is 4.48 Å². The first-order valence-electron chi connectivity index (χ1n) is 3.55. The summed E-state index contributed by atoms with van der Waals surface area (Å²) >= 11 is 3.18. The predicted molar refractivity (Wildman–Crippen MR) is 49.8 cm³/mol. The Kier molecular flexibility index (Phi) is 4.97. The van der Waals surface area contributed by atoms with Crippen LogP contribution < -0.4 is 0 Å². The highest BCUT2D eigenvalue weighted by Crippen LogP contribution is 2.08. The van der Waals surface area contributed by atoms with Gasteiger partial charge < -0.3 is 9.84 Å². The quantitative estimate of drug-likeness (QED) is 0.793. The van der Waals surface area contributed by atoms with Gasteiger partial charge in [-0.1, -0.05) is 15.9 Å². The lowest BCUT2D eigenvalue weighted by atomic mass is 10.2. The van der Waals surface area contributed by atoms with Gasteiger partial charge in [0, 0.05) is 4.48 Å². The van der Waals surface area contributed by atoms with E-state index in [1.807, 2.05) is 26.8 Å². The van der Waals surface area contributed by atoms with Gasteiger partial charge in [0.2, 0.25) is 0 Å². The lowest BCUT2D eigenvalue weighted by Gasteiger charge is -2.17. The second-order valence-corrected chi connectivity index (χ2v) is 4.25. The molecule has 0 atom stereocenters. The fourth-order valence-electron chi connectivity index (χ4n) is 0.447. The summed E-state index contributed by atoms with van der Waals surface area (Å²) in [6.07, 6.45) is 1.81. The predicted octanol–water partition coefficient (Wildman–Crippen LogP) is 2.07. The standard InChI is InChI=1S/C8H15BrO2/c1-8(2,3)11-5-4-7(9)6-10/h4,10H,5-6H2,1-3H3/b7-4-. The monoisotopic (exact) mass is 222 g/mol. The SMILES string of the molecule is CC(C)(C)OC/C=C(\Br)CO. The molecule has 0 aromatic rings. The largest absolute Gasteiger partial charge is 0.391 e. The molecule has 66 valence electrons. The summed E-state index contributed by atoms with van der Waals surface area (Å²) < 4.78 is 6.15. The maximum absolute atomic E-state index is 8.59. The van der Waals surface area contributed by atoms with Crippen molar-refractivity contribution in [2.24, 2.45) is 0 Å². The Bertz CT molecular complexity index is 136. The first kappa shape index (κ1) is 11.1. The molecule has 0 aromatic heterocycles. The number of hydrogen-bond acceptors (Lipinski definition) is 2. The number of aliphatic hydroxyl groups is 1. The maximum Gasteiger partial charge on any atom is 0.0744 e. The molecule has 0 bridgehead atoms. The van der Waals surface area contributed by atoms with Crippen LogP contribution in [0.25, 0.3) is 0 Å². The molecule has 0 saturated heterocycles. The molecule has 3 heteroatoms. The minimum atomic E-state index is -0.112. The third kappa shape index (κ3) is 8.04. The van der Waals surface area contributed by atoms with Crippen molar-refractivity contribution >= 4 is 15.9 Å². The number of halogens is 1. The summed E-state index contributed by atoms with van der Waals surface area (Å²) in [5.74, 6) is 0. The van der Waals surface area contributed by atoms with Crippen LogP contribution >= 0.6 is 15.9 Å². The van der Waals surface area contributed by atoms with Crippen molar-refractivity contribution in [3.63, 3.8) is 0 Å². The summed E-state index contributed by atoms with van der Waals surface area (Å²) in [6.45, 7) is 6.55. The molecule has 0 aliphatic rings. The van der Waals surface area contributed by atoms with Crippen molar-refractivity contribution in [1.82, 2.24) is 0 Å². The molecular weight excluding hydrogens is 208 g/mol. The molecule has 1 N–H and O–H groups in total. The molecule has 11 heavy (non-hydrogen) atoms. The third-order valence-corrected chi connectivity index (χ3v) is 1.55. The number of rotatable bonds is 3. The average Bonchev–Trinajstić information content (AvgIpc) is 1.85. The van der Waals surface area contributed by atoms with E-state index in [4.69, 9.17) is 9.84 Å². The van der Waals surface area contributed by atoms with Crippen LogP contribution in [0.2, 0.25) is 0 Å². The van der Waals surface area contributed by atoms with Crippen molar-refractivity contribution in [3.05, 3.63) is 10.6 Å². The number of ether oxygens (including phenoxy) is 1. The summed E-state index contributed by atoms with van der Waals surface area (Å²) in [7, 11) is 0. The molecule has 0 aliphatic carbocycles. The summed E-state index contributed by atoms with van der Waals surface area (Å²) in [5, 5.41) is 8.59. The Balaban J connectivity index is 3.57.